The highest BCUT2D eigenvalue weighted by atomic mass is 15.2. The second-order valence-electron chi connectivity index (χ2n) is 4.90. The fourth-order valence-corrected chi connectivity index (χ4v) is 2.22. The first kappa shape index (κ1) is 12.5. The van der Waals surface area contributed by atoms with E-state index in [1.807, 2.05) is 0 Å². The Morgan fingerprint density at radius 3 is 2.87 bits per heavy atom. The van der Waals surface area contributed by atoms with Crippen LogP contribution in [-0.4, -0.2) is 37.1 Å². The molecule has 15 heavy (non-hydrogen) atoms. The van der Waals surface area contributed by atoms with Gasteiger partial charge in [0, 0.05) is 32.1 Å². The van der Waals surface area contributed by atoms with E-state index in [9.17, 15) is 0 Å². The fourth-order valence-electron chi connectivity index (χ4n) is 2.22. The van der Waals surface area contributed by atoms with E-state index in [0.717, 1.165) is 18.9 Å². The second kappa shape index (κ2) is 6.87. The van der Waals surface area contributed by atoms with Crippen molar-refractivity contribution in [2.75, 3.05) is 26.2 Å². The van der Waals surface area contributed by atoms with Crippen molar-refractivity contribution in [3.63, 3.8) is 0 Å². The molecule has 0 radical (unpaired) electrons. The Morgan fingerprint density at radius 2 is 2.33 bits per heavy atom. The third-order valence-electron chi connectivity index (χ3n) is 2.84. The van der Waals surface area contributed by atoms with Crippen molar-refractivity contribution in [2.24, 2.45) is 5.92 Å². The topological polar surface area (TPSA) is 15.3 Å². The average molecular weight is 208 g/mol. The van der Waals surface area contributed by atoms with E-state index < -0.39 is 0 Å². The lowest BCUT2D eigenvalue weighted by atomic mass is 10.1. The third kappa shape index (κ3) is 5.20. The molecule has 2 nitrogen and oxygen atoms in total. The van der Waals surface area contributed by atoms with Crippen molar-refractivity contribution < 1.29 is 0 Å². The van der Waals surface area contributed by atoms with E-state index in [1.54, 1.807) is 0 Å². The van der Waals surface area contributed by atoms with Gasteiger partial charge in [0.2, 0.25) is 0 Å². The Morgan fingerprint density at radius 1 is 1.53 bits per heavy atom. The van der Waals surface area contributed by atoms with Crippen LogP contribution in [0.1, 0.15) is 33.1 Å². The summed E-state index contributed by atoms with van der Waals surface area (Å²) in [5.41, 5.74) is 0. The molecule has 0 aromatic rings. The maximum absolute atomic E-state index is 5.32. The minimum Gasteiger partial charge on any atom is -0.313 e. The van der Waals surface area contributed by atoms with Crippen molar-refractivity contribution in [1.29, 1.82) is 0 Å². The van der Waals surface area contributed by atoms with E-state index in [-0.39, 0.29) is 0 Å². The molecule has 1 aliphatic heterocycles. The zero-order valence-corrected chi connectivity index (χ0v) is 10.1. The first-order valence-corrected chi connectivity index (χ1v) is 6.11. The number of hydrogen-bond donors (Lipinski definition) is 1. The molecule has 0 aromatic heterocycles. The summed E-state index contributed by atoms with van der Waals surface area (Å²) in [7, 11) is 0. The molecule has 0 aromatic carbocycles. The molecule has 1 aliphatic rings. The normalized spacial score (nSPS) is 21.1. The highest BCUT2D eigenvalue weighted by Gasteiger charge is 2.17. The van der Waals surface area contributed by atoms with Crippen LogP contribution in [0, 0.1) is 18.3 Å². The van der Waals surface area contributed by atoms with E-state index >= 15 is 0 Å². The lowest BCUT2D eigenvalue weighted by molar-refractivity contribution is 0.229. The molecular weight excluding hydrogens is 184 g/mol. The van der Waals surface area contributed by atoms with E-state index in [0.29, 0.717) is 6.04 Å². The lowest BCUT2D eigenvalue weighted by Crippen LogP contribution is -2.39. The van der Waals surface area contributed by atoms with E-state index in [2.05, 4.69) is 30.0 Å². The molecule has 1 fully saturated rings. The summed E-state index contributed by atoms with van der Waals surface area (Å²) in [4.78, 5) is 2.51. The van der Waals surface area contributed by atoms with Gasteiger partial charge in [0.1, 0.15) is 0 Å². The number of nitrogens with one attached hydrogen (secondary N) is 1. The van der Waals surface area contributed by atoms with Crippen LogP contribution in [0.5, 0.6) is 0 Å². The van der Waals surface area contributed by atoms with Gasteiger partial charge >= 0.3 is 0 Å². The average Bonchev–Trinajstić information content (AvgIpc) is 2.66. The van der Waals surface area contributed by atoms with Crippen LogP contribution >= 0.6 is 0 Å². The van der Waals surface area contributed by atoms with Gasteiger partial charge in [-0.3, -0.25) is 0 Å². The van der Waals surface area contributed by atoms with Crippen molar-refractivity contribution in [2.45, 2.75) is 39.2 Å². The van der Waals surface area contributed by atoms with Crippen molar-refractivity contribution in [1.82, 2.24) is 10.2 Å². The van der Waals surface area contributed by atoms with Gasteiger partial charge in [-0.05, 0) is 25.3 Å². The minimum absolute atomic E-state index is 0.696. The summed E-state index contributed by atoms with van der Waals surface area (Å²) in [6, 6.07) is 0.696. The quantitative estimate of drug-likeness (QED) is 0.669. The zero-order valence-electron chi connectivity index (χ0n) is 10.1. The maximum atomic E-state index is 5.32. The van der Waals surface area contributed by atoms with Crippen LogP contribution < -0.4 is 5.32 Å². The summed E-state index contributed by atoms with van der Waals surface area (Å²) in [6.07, 6.45) is 8.85. The summed E-state index contributed by atoms with van der Waals surface area (Å²) < 4.78 is 0. The number of rotatable bonds is 6. The van der Waals surface area contributed by atoms with Crippen LogP contribution in [-0.2, 0) is 0 Å². The number of nitrogens with zero attached hydrogens (tertiary/aromatic N) is 1. The van der Waals surface area contributed by atoms with Crippen LogP contribution in [0.4, 0.5) is 0 Å². The van der Waals surface area contributed by atoms with Crippen LogP contribution in [0.25, 0.3) is 0 Å². The van der Waals surface area contributed by atoms with Gasteiger partial charge < -0.3 is 10.2 Å². The monoisotopic (exact) mass is 208 g/mol. The van der Waals surface area contributed by atoms with Crippen LogP contribution in [0.2, 0.25) is 0 Å². The van der Waals surface area contributed by atoms with Gasteiger partial charge in [-0.25, -0.2) is 0 Å². The van der Waals surface area contributed by atoms with Gasteiger partial charge in [0.25, 0.3) is 0 Å². The van der Waals surface area contributed by atoms with Gasteiger partial charge in [-0.2, -0.15) is 0 Å². The molecule has 1 unspecified atom stereocenters. The molecule has 0 saturated carbocycles. The molecular formula is C13H24N2. The van der Waals surface area contributed by atoms with Gasteiger partial charge in [0.05, 0.1) is 0 Å². The zero-order chi connectivity index (χ0) is 11.1. The standard InChI is InChI=1S/C13H24N2/c1-4-5-9-15(10-12(2)3)11-13-7-6-8-14-13/h1,12-14H,5-11H2,2-3H3. The molecule has 0 aliphatic carbocycles. The predicted octanol–water partition coefficient (Wildman–Crippen LogP) is 1.72. The summed E-state index contributed by atoms with van der Waals surface area (Å²) in [5.74, 6) is 3.46. The Balaban J connectivity index is 2.30. The number of terminal acetylenes is 1. The molecule has 0 spiro atoms. The van der Waals surface area contributed by atoms with E-state index in [4.69, 9.17) is 6.42 Å². The largest absolute Gasteiger partial charge is 0.313 e. The third-order valence-corrected chi connectivity index (χ3v) is 2.84. The Bertz CT molecular complexity index is 199. The lowest BCUT2D eigenvalue weighted by Gasteiger charge is -2.26. The SMILES string of the molecule is C#CCCN(CC(C)C)CC1CCCN1. The van der Waals surface area contributed by atoms with E-state index in [1.165, 1.54) is 32.5 Å². The molecule has 2 heteroatoms. The van der Waals surface area contributed by atoms with Gasteiger partial charge in [-0.1, -0.05) is 13.8 Å². The molecule has 1 heterocycles. The highest BCUT2D eigenvalue weighted by Crippen LogP contribution is 2.09. The van der Waals surface area contributed by atoms with Crippen molar-refractivity contribution >= 4 is 0 Å². The van der Waals surface area contributed by atoms with Gasteiger partial charge in [-0.15, -0.1) is 12.3 Å². The Labute approximate surface area is 94.4 Å². The number of hydrogen-bond acceptors (Lipinski definition) is 2. The molecule has 1 saturated heterocycles. The Kier molecular flexibility index (Phi) is 5.75. The van der Waals surface area contributed by atoms with Crippen molar-refractivity contribution in [3.8, 4) is 12.3 Å². The maximum Gasteiger partial charge on any atom is 0.0214 e. The minimum atomic E-state index is 0.696. The summed E-state index contributed by atoms with van der Waals surface area (Å²) in [5, 5.41) is 3.54. The Hall–Kier alpha value is -0.520. The second-order valence-corrected chi connectivity index (χ2v) is 4.90. The molecule has 0 amide bonds. The van der Waals surface area contributed by atoms with Gasteiger partial charge in [0.15, 0.2) is 0 Å². The molecule has 1 atom stereocenters. The first-order chi connectivity index (χ1) is 7.22. The molecule has 86 valence electrons. The first-order valence-electron chi connectivity index (χ1n) is 6.11. The van der Waals surface area contributed by atoms with Crippen LogP contribution in [0.3, 0.4) is 0 Å². The smallest absolute Gasteiger partial charge is 0.0214 e. The summed E-state index contributed by atoms with van der Waals surface area (Å²) >= 11 is 0. The molecule has 1 rings (SSSR count). The molecule has 1 N–H and O–H groups in total. The summed E-state index contributed by atoms with van der Waals surface area (Å²) in [6.45, 7) is 9.11. The fraction of sp³-hybridized carbons (Fsp3) is 0.846. The van der Waals surface area contributed by atoms with Crippen LogP contribution in [0.15, 0.2) is 0 Å². The van der Waals surface area contributed by atoms with Crippen molar-refractivity contribution in [3.05, 3.63) is 0 Å². The molecule has 0 bridgehead atoms. The predicted molar refractivity (Wildman–Crippen MR) is 65.8 cm³/mol. The highest BCUT2D eigenvalue weighted by molar-refractivity contribution is 4.86.